The van der Waals surface area contributed by atoms with Crippen molar-refractivity contribution in [1.82, 2.24) is 9.97 Å². The van der Waals surface area contributed by atoms with Crippen molar-refractivity contribution in [2.45, 2.75) is 70.6 Å². The third-order valence-corrected chi connectivity index (χ3v) is 6.61. The molecule has 2 aromatic rings. The van der Waals surface area contributed by atoms with Gasteiger partial charge >= 0.3 is 0 Å². The van der Waals surface area contributed by atoms with Crippen LogP contribution in [0.25, 0.3) is 0 Å². The van der Waals surface area contributed by atoms with E-state index in [0.717, 1.165) is 37.7 Å². The van der Waals surface area contributed by atoms with Gasteiger partial charge in [-0.2, -0.15) is 0 Å². The van der Waals surface area contributed by atoms with E-state index in [4.69, 9.17) is 9.72 Å². The molecule has 1 aliphatic heterocycles. The molecule has 1 saturated carbocycles. The van der Waals surface area contributed by atoms with Crippen LogP contribution in [0.4, 0.5) is 11.6 Å². The predicted molar refractivity (Wildman–Crippen MR) is 114 cm³/mol. The van der Waals surface area contributed by atoms with E-state index in [-0.39, 0.29) is 5.41 Å². The molecule has 0 spiro atoms. The van der Waals surface area contributed by atoms with Crippen LogP contribution in [0.3, 0.4) is 0 Å². The van der Waals surface area contributed by atoms with Crippen molar-refractivity contribution in [3.63, 3.8) is 0 Å². The zero-order chi connectivity index (χ0) is 19.7. The van der Waals surface area contributed by atoms with Crippen LogP contribution >= 0.6 is 0 Å². The van der Waals surface area contributed by atoms with Crippen LogP contribution in [0.15, 0.2) is 30.5 Å². The van der Waals surface area contributed by atoms with Crippen molar-refractivity contribution in [2.75, 3.05) is 18.5 Å². The van der Waals surface area contributed by atoms with E-state index in [2.05, 4.69) is 62.3 Å². The molecule has 1 aliphatic carbocycles. The summed E-state index contributed by atoms with van der Waals surface area (Å²) >= 11 is 0. The molecule has 2 fully saturated rings. The summed E-state index contributed by atoms with van der Waals surface area (Å²) in [7, 11) is 0. The standard InChI is InChI=1S/C24H33N3O/c1-16(2)19-7-10-25-22(13-19)27-23-15-20(14-21(26-23)18-5-6-18)24(17(3)4)8-11-28-12-9-24/h7,10,13-18H,5-6,8-9,11-12H2,1-4H3,(H,25,26,27). The number of aromatic nitrogens is 2. The number of pyridine rings is 2. The minimum atomic E-state index is 0.175. The Bertz CT molecular complexity index is 820. The monoisotopic (exact) mass is 379 g/mol. The normalized spacial score (nSPS) is 19.2. The first-order valence-electron chi connectivity index (χ1n) is 10.8. The quantitative estimate of drug-likeness (QED) is 0.676. The Balaban J connectivity index is 1.71. The number of anilines is 2. The fourth-order valence-corrected chi connectivity index (χ4v) is 4.43. The average molecular weight is 380 g/mol. The molecule has 3 heterocycles. The highest BCUT2D eigenvalue weighted by Crippen LogP contribution is 2.45. The van der Waals surface area contributed by atoms with E-state index >= 15 is 0 Å². The second-order valence-corrected chi connectivity index (χ2v) is 9.12. The molecule has 4 nitrogen and oxygen atoms in total. The molecule has 0 aromatic carbocycles. The fraction of sp³-hybridized carbons (Fsp3) is 0.583. The molecule has 4 rings (SSSR count). The average Bonchev–Trinajstić information content (AvgIpc) is 3.54. The van der Waals surface area contributed by atoms with Gasteiger partial charge in [0.25, 0.3) is 0 Å². The van der Waals surface area contributed by atoms with E-state index in [1.165, 1.54) is 29.7 Å². The zero-order valence-corrected chi connectivity index (χ0v) is 17.7. The van der Waals surface area contributed by atoms with Gasteiger partial charge in [0.15, 0.2) is 0 Å². The molecule has 150 valence electrons. The maximum atomic E-state index is 5.71. The van der Waals surface area contributed by atoms with E-state index < -0.39 is 0 Å². The third-order valence-electron chi connectivity index (χ3n) is 6.61. The Morgan fingerprint density at radius 1 is 1.04 bits per heavy atom. The SMILES string of the molecule is CC(C)c1ccnc(Nc2cc(C3(C(C)C)CCOCC3)cc(C3CC3)n2)c1. The van der Waals surface area contributed by atoms with Crippen LogP contribution in [0, 0.1) is 5.92 Å². The van der Waals surface area contributed by atoms with E-state index in [0.29, 0.717) is 17.8 Å². The number of hydrogen-bond acceptors (Lipinski definition) is 4. The molecular weight excluding hydrogens is 346 g/mol. The lowest BCUT2D eigenvalue weighted by Gasteiger charge is -2.41. The van der Waals surface area contributed by atoms with Crippen LogP contribution in [0.5, 0.6) is 0 Å². The summed E-state index contributed by atoms with van der Waals surface area (Å²) in [6, 6.07) is 8.88. The smallest absolute Gasteiger partial charge is 0.132 e. The van der Waals surface area contributed by atoms with Crippen molar-refractivity contribution in [2.24, 2.45) is 5.92 Å². The molecule has 2 aromatic heterocycles. The van der Waals surface area contributed by atoms with Crippen molar-refractivity contribution in [3.05, 3.63) is 47.3 Å². The van der Waals surface area contributed by atoms with E-state index in [9.17, 15) is 0 Å². The summed E-state index contributed by atoms with van der Waals surface area (Å²) < 4.78 is 5.71. The Morgan fingerprint density at radius 2 is 1.79 bits per heavy atom. The van der Waals surface area contributed by atoms with Gasteiger partial charge in [-0.1, -0.05) is 27.7 Å². The van der Waals surface area contributed by atoms with Crippen molar-refractivity contribution >= 4 is 11.6 Å². The Labute approximate surface area is 169 Å². The Morgan fingerprint density at radius 3 is 2.43 bits per heavy atom. The first-order chi connectivity index (χ1) is 13.5. The van der Waals surface area contributed by atoms with Crippen molar-refractivity contribution in [3.8, 4) is 0 Å². The molecular formula is C24H33N3O. The summed E-state index contributed by atoms with van der Waals surface area (Å²) in [5, 5.41) is 3.50. The van der Waals surface area contributed by atoms with Gasteiger partial charge in [-0.15, -0.1) is 0 Å². The molecule has 4 heteroatoms. The first kappa shape index (κ1) is 19.4. The van der Waals surface area contributed by atoms with Gasteiger partial charge in [-0.25, -0.2) is 9.97 Å². The lowest BCUT2D eigenvalue weighted by Crippen LogP contribution is -2.38. The molecule has 0 unspecified atom stereocenters. The molecule has 0 amide bonds. The number of nitrogens with zero attached hydrogens (tertiary/aromatic N) is 2. The Kier molecular flexibility index (Phi) is 5.42. The van der Waals surface area contributed by atoms with Crippen LogP contribution in [0.2, 0.25) is 0 Å². The van der Waals surface area contributed by atoms with Crippen LogP contribution in [0.1, 0.15) is 82.0 Å². The maximum Gasteiger partial charge on any atom is 0.132 e. The summed E-state index contributed by atoms with van der Waals surface area (Å²) in [6.45, 7) is 10.8. The van der Waals surface area contributed by atoms with Crippen LogP contribution in [-0.4, -0.2) is 23.2 Å². The number of hydrogen-bond donors (Lipinski definition) is 1. The lowest BCUT2D eigenvalue weighted by atomic mass is 9.66. The summed E-state index contributed by atoms with van der Waals surface area (Å²) in [5.74, 6) is 3.49. The minimum Gasteiger partial charge on any atom is -0.381 e. The predicted octanol–water partition coefficient (Wildman–Crippen LogP) is 5.93. The van der Waals surface area contributed by atoms with Crippen LogP contribution < -0.4 is 5.32 Å². The highest BCUT2D eigenvalue weighted by atomic mass is 16.5. The molecule has 0 radical (unpaired) electrons. The minimum absolute atomic E-state index is 0.175. The van der Waals surface area contributed by atoms with E-state index in [1.807, 2.05) is 6.20 Å². The van der Waals surface area contributed by atoms with Gasteiger partial charge in [0.05, 0.1) is 0 Å². The van der Waals surface area contributed by atoms with Crippen molar-refractivity contribution < 1.29 is 4.74 Å². The number of nitrogens with one attached hydrogen (secondary N) is 1. The summed E-state index contributed by atoms with van der Waals surface area (Å²) in [5.41, 5.74) is 4.13. The molecule has 0 bridgehead atoms. The van der Waals surface area contributed by atoms with Gasteiger partial charge in [0.2, 0.25) is 0 Å². The van der Waals surface area contributed by atoms with Gasteiger partial charge in [0.1, 0.15) is 11.6 Å². The second kappa shape index (κ2) is 7.82. The zero-order valence-electron chi connectivity index (χ0n) is 17.7. The van der Waals surface area contributed by atoms with Gasteiger partial charge in [-0.05, 0) is 72.9 Å². The molecule has 28 heavy (non-hydrogen) atoms. The van der Waals surface area contributed by atoms with Gasteiger partial charge in [-0.3, -0.25) is 0 Å². The van der Waals surface area contributed by atoms with Crippen LogP contribution in [-0.2, 0) is 10.2 Å². The summed E-state index contributed by atoms with van der Waals surface area (Å²) in [6.07, 6.45) is 6.57. The second-order valence-electron chi connectivity index (χ2n) is 9.12. The number of ether oxygens (including phenoxy) is 1. The molecule has 0 atom stereocenters. The van der Waals surface area contributed by atoms with E-state index in [1.54, 1.807) is 0 Å². The van der Waals surface area contributed by atoms with Crippen molar-refractivity contribution in [1.29, 1.82) is 0 Å². The summed E-state index contributed by atoms with van der Waals surface area (Å²) in [4.78, 5) is 9.50. The highest BCUT2D eigenvalue weighted by molar-refractivity contribution is 5.55. The third kappa shape index (κ3) is 3.93. The van der Waals surface area contributed by atoms with Gasteiger partial charge < -0.3 is 10.1 Å². The first-order valence-corrected chi connectivity index (χ1v) is 10.8. The molecule has 1 N–H and O–H groups in total. The highest BCUT2D eigenvalue weighted by Gasteiger charge is 2.39. The topological polar surface area (TPSA) is 47.0 Å². The maximum absolute atomic E-state index is 5.71. The number of rotatable bonds is 6. The largest absolute Gasteiger partial charge is 0.381 e. The lowest BCUT2D eigenvalue weighted by molar-refractivity contribution is 0.0321. The van der Waals surface area contributed by atoms with Gasteiger partial charge in [0, 0.05) is 36.4 Å². The Hall–Kier alpha value is -1.94. The fourth-order valence-electron chi connectivity index (χ4n) is 4.43. The molecule has 2 aliphatic rings. The molecule has 1 saturated heterocycles.